The molecule has 1 heterocycles. The Morgan fingerprint density at radius 1 is 1.36 bits per heavy atom. The highest BCUT2D eigenvalue weighted by Crippen LogP contribution is 2.32. The third-order valence-corrected chi connectivity index (χ3v) is 3.07. The Morgan fingerprint density at radius 3 is 2.21 bits per heavy atom. The largest absolute Gasteiger partial charge is 0.390 e. The lowest BCUT2D eigenvalue weighted by Crippen LogP contribution is -2.44. The summed E-state index contributed by atoms with van der Waals surface area (Å²) in [6, 6.07) is 0.429. The van der Waals surface area contributed by atoms with Crippen LogP contribution in [0, 0.1) is 5.92 Å². The lowest BCUT2D eigenvalue weighted by atomic mass is 9.90. The van der Waals surface area contributed by atoms with Crippen molar-refractivity contribution in [1.29, 1.82) is 0 Å². The highest BCUT2D eigenvalue weighted by atomic mass is 19.3. The summed E-state index contributed by atoms with van der Waals surface area (Å²) in [6.07, 6.45) is 0.984. The highest BCUT2D eigenvalue weighted by Gasteiger charge is 2.40. The van der Waals surface area contributed by atoms with Crippen molar-refractivity contribution in [3.8, 4) is 0 Å². The number of piperidine rings is 1. The lowest BCUT2D eigenvalue weighted by molar-refractivity contribution is -0.114. The Balaban J connectivity index is 2.43. The van der Waals surface area contributed by atoms with Crippen LogP contribution in [0.3, 0.4) is 0 Å². The number of likely N-dealkylation sites (tertiary alicyclic amines) is 1. The first-order valence-corrected chi connectivity index (χ1v) is 5.20. The maximum Gasteiger partial charge on any atom is 0.273 e. The van der Waals surface area contributed by atoms with Gasteiger partial charge in [0.25, 0.3) is 5.92 Å². The minimum atomic E-state index is -2.89. The van der Waals surface area contributed by atoms with Crippen LogP contribution in [-0.2, 0) is 0 Å². The fourth-order valence-electron chi connectivity index (χ4n) is 1.97. The Bertz CT molecular complexity index is 177. The van der Waals surface area contributed by atoms with Gasteiger partial charge in [0.05, 0.1) is 0 Å². The molecule has 1 N–H and O–H groups in total. The SMILES string of the molecule is CC(C)N1CCC(C(F)(F)CO)CC1. The van der Waals surface area contributed by atoms with Crippen LogP contribution in [0.2, 0.25) is 0 Å². The van der Waals surface area contributed by atoms with E-state index in [2.05, 4.69) is 18.7 Å². The quantitative estimate of drug-likeness (QED) is 0.762. The van der Waals surface area contributed by atoms with Gasteiger partial charge in [-0.2, -0.15) is 0 Å². The number of aliphatic hydroxyl groups is 1. The van der Waals surface area contributed by atoms with Crippen molar-refractivity contribution >= 4 is 0 Å². The zero-order chi connectivity index (χ0) is 10.8. The van der Waals surface area contributed by atoms with Gasteiger partial charge in [0, 0.05) is 12.0 Å². The number of nitrogens with zero attached hydrogens (tertiary/aromatic N) is 1. The Hall–Kier alpha value is -0.220. The lowest BCUT2D eigenvalue weighted by Gasteiger charge is -2.37. The minimum Gasteiger partial charge on any atom is -0.390 e. The van der Waals surface area contributed by atoms with Gasteiger partial charge >= 0.3 is 0 Å². The average Bonchev–Trinajstić information content (AvgIpc) is 2.18. The molecular weight excluding hydrogens is 188 g/mol. The smallest absolute Gasteiger partial charge is 0.273 e. The van der Waals surface area contributed by atoms with Gasteiger partial charge in [0.15, 0.2) is 0 Å². The van der Waals surface area contributed by atoms with Crippen molar-refractivity contribution < 1.29 is 13.9 Å². The fourth-order valence-corrected chi connectivity index (χ4v) is 1.97. The van der Waals surface area contributed by atoms with E-state index < -0.39 is 18.4 Å². The summed E-state index contributed by atoms with van der Waals surface area (Å²) in [4.78, 5) is 2.20. The van der Waals surface area contributed by atoms with Crippen molar-refractivity contribution in [2.45, 2.75) is 38.7 Å². The molecule has 0 aromatic heterocycles. The molecule has 0 bridgehead atoms. The molecule has 0 atom stereocenters. The molecule has 14 heavy (non-hydrogen) atoms. The first-order valence-electron chi connectivity index (χ1n) is 5.20. The van der Waals surface area contributed by atoms with Crippen LogP contribution in [0.25, 0.3) is 0 Å². The number of hydrogen-bond donors (Lipinski definition) is 1. The first-order chi connectivity index (χ1) is 6.47. The van der Waals surface area contributed by atoms with E-state index in [-0.39, 0.29) is 0 Å². The van der Waals surface area contributed by atoms with Crippen LogP contribution < -0.4 is 0 Å². The summed E-state index contributed by atoms with van der Waals surface area (Å²) in [5, 5.41) is 8.56. The van der Waals surface area contributed by atoms with Gasteiger partial charge in [-0.15, -0.1) is 0 Å². The molecule has 2 nitrogen and oxygen atoms in total. The molecule has 4 heteroatoms. The van der Waals surface area contributed by atoms with E-state index in [0.717, 1.165) is 13.1 Å². The summed E-state index contributed by atoms with van der Waals surface area (Å²) >= 11 is 0. The predicted octanol–water partition coefficient (Wildman–Crippen LogP) is 1.73. The van der Waals surface area contributed by atoms with Gasteiger partial charge in [0.1, 0.15) is 6.61 Å². The number of halogens is 2. The second-order valence-corrected chi connectivity index (χ2v) is 4.32. The van der Waals surface area contributed by atoms with Crippen molar-refractivity contribution in [1.82, 2.24) is 4.90 Å². The Morgan fingerprint density at radius 2 is 1.86 bits per heavy atom. The van der Waals surface area contributed by atoms with Gasteiger partial charge < -0.3 is 10.0 Å². The van der Waals surface area contributed by atoms with Crippen LogP contribution in [0.1, 0.15) is 26.7 Å². The van der Waals surface area contributed by atoms with E-state index in [0.29, 0.717) is 18.9 Å². The second kappa shape index (κ2) is 4.53. The molecule has 1 saturated heterocycles. The summed E-state index contributed by atoms with van der Waals surface area (Å²) in [7, 11) is 0. The molecule has 1 fully saturated rings. The minimum absolute atomic E-state index is 0.429. The van der Waals surface area contributed by atoms with Crippen LogP contribution >= 0.6 is 0 Å². The van der Waals surface area contributed by atoms with Gasteiger partial charge in [-0.1, -0.05) is 0 Å². The van der Waals surface area contributed by atoms with Crippen LogP contribution in [0.5, 0.6) is 0 Å². The van der Waals surface area contributed by atoms with E-state index in [1.165, 1.54) is 0 Å². The van der Waals surface area contributed by atoms with E-state index in [1.54, 1.807) is 0 Å². The highest BCUT2D eigenvalue weighted by molar-refractivity contribution is 4.83. The molecule has 0 spiro atoms. The molecule has 84 valence electrons. The van der Waals surface area contributed by atoms with Crippen molar-refractivity contribution in [2.24, 2.45) is 5.92 Å². The monoisotopic (exact) mass is 207 g/mol. The number of alkyl halides is 2. The Kier molecular flexibility index (Phi) is 3.84. The van der Waals surface area contributed by atoms with Gasteiger partial charge in [-0.05, 0) is 39.8 Å². The number of aliphatic hydroxyl groups excluding tert-OH is 1. The van der Waals surface area contributed by atoms with E-state index in [4.69, 9.17) is 5.11 Å². The van der Waals surface area contributed by atoms with Crippen LogP contribution in [0.15, 0.2) is 0 Å². The summed E-state index contributed by atoms with van der Waals surface area (Å²) < 4.78 is 26.2. The molecule has 1 aliphatic heterocycles. The third kappa shape index (κ3) is 2.64. The van der Waals surface area contributed by atoms with Gasteiger partial charge in [0.2, 0.25) is 0 Å². The van der Waals surface area contributed by atoms with Crippen molar-refractivity contribution in [3.05, 3.63) is 0 Å². The molecule has 0 aromatic carbocycles. The molecule has 0 unspecified atom stereocenters. The van der Waals surface area contributed by atoms with Gasteiger partial charge in [-0.3, -0.25) is 0 Å². The fraction of sp³-hybridized carbons (Fsp3) is 1.00. The summed E-state index contributed by atoms with van der Waals surface area (Å²) in [5.74, 6) is -3.52. The second-order valence-electron chi connectivity index (χ2n) is 4.32. The maximum atomic E-state index is 13.1. The average molecular weight is 207 g/mol. The molecule has 0 aliphatic carbocycles. The summed E-state index contributed by atoms with van der Waals surface area (Å²) in [5.41, 5.74) is 0. The molecule has 1 rings (SSSR count). The molecule has 0 amide bonds. The summed E-state index contributed by atoms with van der Waals surface area (Å²) in [6.45, 7) is 4.57. The molecule has 0 radical (unpaired) electrons. The number of rotatable bonds is 3. The standard InChI is InChI=1S/C10H19F2NO/c1-8(2)13-5-3-9(4-6-13)10(11,12)7-14/h8-9,14H,3-7H2,1-2H3. The van der Waals surface area contributed by atoms with Crippen LogP contribution in [0.4, 0.5) is 8.78 Å². The zero-order valence-corrected chi connectivity index (χ0v) is 8.84. The normalized spacial score (nSPS) is 21.9. The first kappa shape index (κ1) is 11.9. The van der Waals surface area contributed by atoms with E-state index in [1.807, 2.05) is 0 Å². The topological polar surface area (TPSA) is 23.5 Å². The molecular formula is C10H19F2NO. The molecule has 1 aliphatic rings. The van der Waals surface area contributed by atoms with Gasteiger partial charge in [-0.25, -0.2) is 8.78 Å². The van der Waals surface area contributed by atoms with E-state index >= 15 is 0 Å². The Labute approximate surface area is 83.9 Å². The molecule has 0 saturated carbocycles. The maximum absolute atomic E-state index is 13.1. The van der Waals surface area contributed by atoms with Crippen molar-refractivity contribution in [2.75, 3.05) is 19.7 Å². The molecule has 0 aromatic rings. The van der Waals surface area contributed by atoms with Crippen LogP contribution in [-0.4, -0.2) is 41.7 Å². The zero-order valence-electron chi connectivity index (χ0n) is 8.84. The van der Waals surface area contributed by atoms with E-state index in [9.17, 15) is 8.78 Å². The number of hydrogen-bond acceptors (Lipinski definition) is 2. The third-order valence-electron chi connectivity index (χ3n) is 3.07. The van der Waals surface area contributed by atoms with Crippen molar-refractivity contribution in [3.63, 3.8) is 0 Å². The predicted molar refractivity (Wildman–Crippen MR) is 51.5 cm³/mol.